The number of aliphatic hydroxyl groups is 2. The summed E-state index contributed by atoms with van der Waals surface area (Å²) in [5, 5.41) is 20.0. The summed E-state index contributed by atoms with van der Waals surface area (Å²) in [5.74, 6) is 1.27. The highest BCUT2D eigenvalue weighted by Crippen LogP contribution is 2.58. The number of nitrogens with zero attached hydrogens (tertiary/aromatic N) is 2. The van der Waals surface area contributed by atoms with Crippen LogP contribution in [0.25, 0.3) is 11.0 Å². The summed E-state index contributed by atoms with van der Waals surface area (Å²) in [6, 6.07) is 7.58. The molecule has 5 heterocycles. The summed E-state index contributed by atoms with van der Waals surface area (Å²) in [5.41, 5.74) is 8.36. The molecular weight excluding hydrogens is 715 g/mol. The van der Waals surface area contributed by atoms with E-state index >= 15 is 0 Å². The second-order valence-electron chi connectivity index (χ2n) is 14.9. The largest absolute Gasteiger partial charge is 0.481 e. The number of carbonyl (C=O) groups is 2. The van der Waals surface area contributed by atoms with Crippen LogP contribution in [0, 0.1) is 5.92 Å². The van der Waals surface area contributed by atoms with Crippen LogP contribution in [-0.2, 0) is 33.6 Å². The Hall–Kier alpha value is -3.78. The molecule has 1 fully saturated rings. The van der Waals surface area contributed by atoms with E-state index in [2.05, 4.69) is 11.1 Å². The molecule has 4 N–H and O–H groups in total. The number of hydrogen-bond donors (Lipinski definition) is 3. The molecule has 5 unspecified atom stereocenters. The van der Waals surface area contributed by atoms with Crippen molar-refractivity contribution < 1.29 is 33.7 Å². The molecule has 53 heavy (non-hydrogen) atoms. The Balaban J connectivity index is 1.37. The molecule has 282 valence electrons. The molecule has 1 amide bonds. The van der Waals surface area contributed by atoms with Gasteiger partial charge >= 0.3 is 11.6 Å². The normalized spacial score (nSPS) is 26.2. The van der Waals surface area contributed by atoms with Gasteiger partial charge in [0.2, 0.25) is 5.91 Å². The average molecular weight is 762 g/mol. The predicted molar refractivity (Wildman–Crippen MR) is 207 cm³/mol. The molecule has 3 aliphatic heterocycles. The van der Waals surface area contributed by atoms with E-state index in [0.29, 0.717) is 71.5 Å². The van der Waals surface area contributed by atoms with Crippen molar-refractivity contribution >= 4 is 50.3 Å². The lowest BCUT2D eigenvalue weighted by atomic mass is 9.61. The number of aromatic nitrogens is 1. The number of anilines is 1. The quantitative estimate of drug-likeness (QED) is 0.0895. The standard InChI is InChI=1S/C40H47N3O8S2/c1-4-23(2)37(47)51-39(3)9-7-25-21-52-53-22-30-8-10-43(30)35(46)15-29-19-42-34(41)16-31(29)36(25)40(39)18-28-14-26-13-27(12-24(20-45)6-5-11-44)38(48)49-32(26)17-33(28)50-40/h4,7,13-14,16-17,19,24,30,36,44-45H,5-6,8-12,15,18,20-22H2,1-3H3,(H2,41,42). The zero-order chi connectivity index (χ0) is 37.5. The highest BCUT2D eigenvalue weighted by molar-refractivity contribution is 8.76. The third-order valence-corrected chi connectivity index (χ3v) is 14.0. The van der Waals surface area contributed by atoms with Crippen molar-refractivity contribution in [1.29, 1.82) is 0 Å². The van der Waals surface area contributed by atoms with Crippen molar-refractivity contribution in [2.45, 2.75) is 88.9 Å². The van der Waals surface area contributed by atoms with E-state index in [-0.39, 0.29) is 37.5 Å². The molecule has 0 radical (unpaired) electrons. The van der Waals surface area contributed by atoms with Crippen molar-refractivity contribution in [3.8, 4) is 5.75 Å². The van der Waals surface area contributed by atoms with Crippen LogP contribution in [0.1, 0.15) is 74.6 Å². The lowest BCUT2D eigenvalue weighted by Gasteiger charge is -2.52. The fourth-order valence-corrected chi connectivity index (χ4v) is 10.8. The number of fused-ring (bicyclic) bond motifs is 7. The van der Waals surface area contributed by atoms with Gasteiger partial charge in [0.15, 0.2) is 11.2 Å². The third kappa shape index (κ3) is 7.01. The Morgan fingerprint density at radius 3 is 2.77 bits per heavy atom. The van der Waals surface area contributed by atoms with Crippen molar-refractivity contribution in [2.75, 3.05) is 37.0 Å². The number of nitrogen functional groups attached to an aromatic ring is 1. The Bertz CT molecular complexity index is 2050. The number of pyridine rings is 1. The van der Waals surface area contributed by atoms with Crippen LogP contribution >= 0.6 is 21.6 Å². The molecule has 13 heteroatoms. The maximum absolute atomic E-state index is 13.8. The van der Waals surface area contributed by atoms with Crippen LogP contribution in [0.4, 0.5) is 5.82 Å². The molecule has 0 bridgehead atoms. The molecular formula is C40H47N3O8S2. The second-order valence-corrected chi connectivity index (χ2v) is 17.4. The fraction of sp³-hybridized carbons (Fsp3) is 0.500. The molecule has 0 saturated carbocycles. The minimum absolute atomic E-state index is 0.0114. The number of ether oxygens (including phenoxy) is 2. The summed E-state index contributed by atoms with van der Waals surface area (Å²) in [4.78, 5) is 47.0. The van der Waals surface area contributed by atoms with Crippen LogP contribution in [0.15, 0.2) is 63.0 Å². The van der Waals surface area contributed by atoms with Gasteiger partial charge in [0.25, 0.3) is 0 Å². The van der Waals surface area contributed by atoms with E-state index in [9.17, 15) is 24.6 Å². The lowest BCUT2D eigenvalue weighted by molar-refractivity contribution is -0.183. The van der Waals surface area contributed by atoms with Crippen molar-refractivity contribution in [1.82, 2.24) is 9.88 Å². The van der Waals surface area contributed by atoms with Gasteiger partial charge in [-0.15, -0.1) is 0 Å². The van der Waals surface area contributed by atoms with Gasteiger partial charge in [0.05, 0.1) is 12.3 Å². The fourth-order valence-electron chi connectivity index (χ4n) is 8.26. The molecule has 1 saturated heterocycles. The van der Waals surface area contributed by atoms with Gasteiger partial charge < -0.3 is 34.7 Å². The molecule has 4 aliphatic rings. The SMILES string of the molecule is CC=C(C)C(=O)OC1(C)CC=C2CSSCC3CCN3C(=O)Cc3cnc(N)cc3C2C12Cc1cc3cc(CC(CO)CCCO)c(=O)oc3cc1O2. The summed E-state index contributed by atoms with van der Waals surface area (Å²) in [6.45, 7) is 6.08. The van der Waals surface area contributed by atoms with Gasteiger partial charge in [0.1, 0.15) is 17.2 Å². The summed E-state index contributed by atoms with van der Waals surface area (Å²) < 4.78 is 19.6. The maximum atomic E-state index is 13.8. The van der Waals surface area contributed by atoms with Crippen LogP contribution in [0.2, 0.25) is 0 Å². The number of nitrogens with two attached hydrogens (primary N) is 1. The zero-order valence-electron chi connectivity index (χ0n) is 30.4. The number of rotatable bonds is 8. The number of esters is 1. The minimum Gasteiger partial charge on any atom is -0.481 e. The first-order valence-electron chi connectivity index (χ1n) is 18.3. The number of amides is 1. The summed E-state index contributed by atoms with van der Waals surface area (Å²) in [6.07, 6.45) is 8.90. The topological polar surface area (TPSA) is 165 Å². The number of allylic oxidation sites excluding steroid dienone is 1. The summed E-state index contributed by atoms with van der Waals surface area (Å²) in [7, 11) is 3.51. The van der Waals surface area contributed by atoms with Crippen LogP contribution in [-0.4, -0.2) is 80.5 Å². The molecule has 1 aromatic carbocycles. The number of carbonyl (C=O) groups excluding carboxylic acids is 2. The van der Waals surface area contributed by atoms with Crippen LogP contribution in [0.5, 0.6) is 5.75 Å². The Morgan fingerprint density at radius 1 is 1.21 bits per heavy atom. The van der Waals surface area contributed by atoms with E-state index in [1.54, 1.807) is 53.8 Å². The highest BCUT2D eigenvalue weighted by atomic mass is 33.1. The number of aliphatic hydroxyl groups excluding tert-OH is 2. The van der Waals surface area contributed by atoms with E-state index in [1.165, 1.54) is 0 Å². The third-order valence-electron chi connectivity index (χ3n) is 11.6. The number of benzene rings is 1. The molecule has 2 aromatic heterocycles. The zero-order valence-corrected chi connectivity index (χ0v) is 32.0. The highest BCUT2D eigenvalue weighted by Gasteiger charge is 2.64. The Morgan fingerprint density at radius 2 is 2.04 bits per heavy atom. The van der Waals surface area contributed by atoms with Gasteiger partial charge in [-0.25, -0.2) is 14.6 Å². The monoisotopic (exact) mass is 761 g/mol. The van der Waals surface area contributed by atoms with Gasteiger partial charge in [-0.05, 0) is 87.3 Å². The maximum Gasteiger partial charge on any atom is 0.339 e. The van der Waals surface area contributed by atoms with Crippen molar-refractivity contribution in [3.05, 3.63) is 86.4 Å². The molecule has 5 atom stereocenters. The van der Waals surface area contributed by atoms with Gasteiger partial charge in [-0.2, -0.15) is 0 Å². The minimum atomic E-state index is -1.18. The van der Waals surface area contributed by atoms with Crippen molar-refractivity contribution in [3.63, 3.8) is 0 Å². The first-order chi connectivity index (χ1) is 25.5. The van der Waals surface area contributed by atoms with E-state index < -0.39 is 28.7 Å². The number of hydrogen-bond acceptors (Lipinski definition) is 12. The van der Waals surface area contributed by atoms with E-state index in [1.807, 2.05) is 30.0 Å². The van der Waals surface area contributed by atoms with E-state index in [4.69, 9.17) is 19.6 Å². The molecule has 1 aliphatic carbocycles. The smallest absolute Gasteiger partial charge is 0.339 e. The predicted octanol–water partition coefficient (Wildman–Crippen LogP) is 5.29. The van der Waals surface area contributed by atoms with Gasteiger partial charge in [-0.3, -0.25) is 4.79 Å². The average Bonchev–Trinajstić information content (AvgIpc) is 3.49. The van der Waals surface area contributed by atoms with E-state index in [0.717, 1.165) is 41.0 Å². The van der Waals surface area contributed by atoms with Crippen molar-refractivity contribution in [2.24, 2.45) is 5.92 Å². The second kappa shape index (κ2) is 15.2. The molecule has 1 spiro atoms. The van der Waals surface area contributed by atoms with Gasteiger partial charge in [-0.1, -0.05) is 39.3 Å². The lowest BCUT2D eigenvalue weighted by Crippen LogP contribution is -2.63. The first kappa shape index (κ1) is 37.5. The summed E-state index contributed by atoms with van der Waals surface area (Å²) >= 11 is 0. The molecule has 7 rings (SSSR count). The van der Waals surface area contributed by atoms with Gasteiger partial charge in [0, 0.05) is 78.9 Å². The molecule has 3 aromatic rings. The molecule has 11 nitrogen and oxygen atoms in total. The Labute approximate surface area is 316 Å². The van der Waals surface area contributed by atoms with Crippen LogP contribution < -0.4 is 16.1 Å². The van der Waals surface area contributed by atoms with Crippen LogP contribution in [0.3, 0.4) is 0 Å². The first-order valence-corrected chi connectivity index (χ1v) is 20.8. The Kier molecular flexibility index (Phi) is 10.7.